The summed E-state index contributed by atoms with van der Waals surface area (Å²) in [6.07, 6.45) is 4.24. The lowest BCUT2D eigenvalue weighted by atomic mass is 10.0. The standard InChI is InChI=1S/C13H16BrNO4S/c14-10-6-9(13(16)17)7-11(8-10)15-20(18,19)12-4-2-1-3-5-12/h6-8,12,15H,1-5H2,(H,16,17). The van der Waals surface area contributed by atoms with Gasteiger partial charge < -0.3 is 5.11 Å². The number of benzene rings is 1. The van der Waals surface area contributed by atoms with E-state index in [0.29, 0.717) is 17.3 Å². The fourth-order valence-electron chi connectivity index (χ4n) is 2.40. The fraction of sp³-hybridized carbons (Fsp3) is 0.462. The summed E-state index contributed by atoms with van der Waals surface area (Å²) in [4.78, 5) is 11.0. The first-order valence-corrected chi connectivity index (χ1v) is 8.78. The number of nitrogens with one attached hydrogen (secondary N) is 1. The molecule has 0 bridgehead atoms. The van der Waals surface area contributed by atoms with E-state index in [2.05, 4.69) is 20.7 Å². The van der Waals surface area contributed by atoms with Crippen LogP contribution in [0.3, 0.4) is 0 Å². The van der Waals surface area contributed by atoms with Crippen molar-refractivity contribution in [2.24, 2.45) is 0 Å². The van der Waals surface area contributed by atoms with E-state index >= 15 is 0 Å². The number of anilines is 1. The Kier molecular flexibility index (Phi) is 4.70. The Morgan fingerprint density at radius 2 is 1.85 bits per heavy atom. The normalized spacial score (nSPS) is 16.9. The Morgan fingerprint density at radius 3 is 2.45 bits per heavy atom. The summed E-state index contributed by atoms with van der Waals surface area (Å²) < 4.78 is 27.6. The summed E-state index contributed by atoms with van der Waals surface area (Å²) in [5, 5.41) is 8.60. The van der Waals surface area contributed by atoms with Crippen LogP contribution in [0, 0.1) is 0 Å². The summed E-state index contributed by atoms with van der Waals surface area (Å²) in [7, 11) is -3.46. The molecule has 0 amide bonds. The highest BCUT2D eigenvalue weighted by Crippen LogP contribution is 2.27. The van der Waals surface area contributed by atoms with Gasteiger partial charge in [-0.05, 0) is 31.0 Å². The van der Waals surface area contributed by atoms with E-state index in [1.165, 1.54) is 12.1 Å². The van der Waals surface area contributed by atoms with Gasteiger partial charge in [0.2, 0.25) is 10.0 Å². The molecule has 1 aliphatic rings. The van der Waals surface area contributed by atoms with E-state index < -0.39 is 16.0 Å². The highest BCUT2D eigenvalue weighted by atomic mass is 79.9. The van der Waals surface area contributed by atoms with Crippen molar-refractivity contribution in [1.29, 1.82) is 0 Å². The maximum Gasteiger partial charge on any atom is 0.335 e. The average molecular weight is 362 g/mol. The summed E-state index contributed by atoms with van der Waals surface area (Å²) >= 11 is 3.19. The van der Waals surface area contributed by atoms with Crippen molar-refractivity contribution in [3.63, 3.8) is 0 Å². The van der Waals surface area contributed by atoms with Gasteiger partial charge in [0, 0.05) is 4.47 Å². The van der Waals surface area contributed by atoms with E-state index in [0.717, 1.165) is 19.3 Å². The molecule has 1 aromatic carbocycles. The van der Waals surface area contributed by atoms with Gasteiger partial charge in [0.05, 0.1) is 16.5 Å². The van der Waals surface area contributed by atoms with E-state index in [-0.39, 0.29) is 16.5 Å². The Balaban J connectivity index is 2.22. The zero-order chi connectivity index (χ0) is 14.8. The summed E-state index contributed by atoms with van der Waals surface area (Å²) in [6, 6.07) is 4.32. The second-order valence-corrected chi connectivity index (χ2v) is 7.82. The molecule has 0 aliphatic heterocycles. The molecule has 1 saturated carbocycles. The first kappa shape index (κ1) is 15.3. The number of carboxylic acids is 1. The fourth-order valence-corrected chi connectivity index (χ4v) is 4.46. The van der Waals surface area contributed by atoms with Crippen LogP contribution in [0.15, 0.2) is 22.7 Å². The number of halogens is 1. The van der Waals surface area contributed by atoms with E-state index in [4.69, 9.17) is 5.11 Å². The van der Waals surface area contributed by atoms with Crippen LogP contribution in [0.25, 0.3) is 0 Å². The largest absolute Gasteiger partial charge is 0.478 e. The van der Waals surface area contributed by atoms with Crippen molar-refractivity contribution in [1.82, 2.24) is 0 Å². The van der Waals surface area contributed by atoms with Crippen molar-refractivity contribution in [3.8, 4) is 0 Å². The van der Waals surface area contributed by atoms with Crippen LogP contribution in [0.2, 0.25) is 0 Å². The van der Waals surface area contributed by atoms with Gasteiger partial charge in [-0.25, -0.2) is 13.2 Å². The van der Waals surface area contributed by atoms with Gasteiger partial charge in [-0.3, -0.25) is 4.72 Å². The van der Waals surface area contributed by atoms with Crippen LogP contribution in [0.4, 0.5) is 5.69 Å². The van der Waals surface area contributed by atoms with Crippen molar-refractivity contribution >= 4 is 37.6 Å². The van der Waals surface area contributed by atoms with Crippen LogP contribution >= 0.6 is 15.9 Å². The molecule has 0 aromatic heterocycles. The van der Waals surface area contributed by atoms with Crippen LogP contribution in [-0.4, -0.2) is 24.7 Å². The predicted octanol–water partition coefficient (Wildman–Crippen LogP) is 3.22. The Morgan fingerprint density at radius 1 is 1.20 bits per heavy atom. The zero-order valence-electron chi connectivity index (χ0n) is 10.8. The topological polar surface area (TPSA) is 83.5 Å². The molecular formula is C13H16BrNO4S. The van der Waals surface area contributed by atoms with Crippen LogP contribution < -0.4 is 4.72 Å². The van der Waals surface area contributed by atoms with E-state index in [9.17, 15) is 13.2 Å². The zero-order valence-corrected chi connectivity index (χ0v) is 13.2. The van der Waals surface area contributed by atoms with Crippen LogP contribution in [-0.2, 0) is 10.0 Å². The van der Waals surface area contributed by atoms with Crippen LogP contribution in [0.5, 0.6) is 0 Å². The minimum atomic E-state index is -3.46. The van der Waals surface area contributed by atoms with E-state index in [1.54, 1.807) is 6.07 Å². The third-order valence-electron chi connectivity index (χ3n) is 3.40. The SMILES string of the molecule is O=C(O)c1cc(Br)cc(NS(=O)(=O)C2CCCCC2)c1. The molecule has 110 valence electrons. The highest BCUT2D eigenvalue weighted by Gasteiger charge is 2.27. The molecule has 0 atom stereocenters. The molecule has 0 saturated heterocycles. The van der Waals surface area contributed by atoms with Gasteiger partial charge in [-0.2, -0.15) is 0 Å². The van der Waals surface area contributed by atoms with Crippen LogP contribution in [0.1, 0.15) is 42.5 Å². The first-order chi connectivity index (χ1) is 9.38. The molecule has 5 nitrogen and oxygen atoms in total. The Hall–Kier alpha value is -1.08. The summed E-state index contributed by atoms with van der Waals surface area (Å²) in [5.74, 6) is -1.09. The van der Waals surface area contributed by atoms with Crippen molar-refractivity contribution in [2.45, 2.75) is 37.4 Å². The quantitative estimate of drug-likeness (QED) is 0.862. The number of aromatic carboxylic acids is 1. The number of hydrogen-bond acceptors (Lipinski definition) is 3. The Labute approximate surface area is 126 Å². The molecular weight excluding hydrogens is 346 g/mol. The highest BCUT2D eigenvalue weighted by molar-refractivity contribution is 9.10. The minimum absolute atomic E-state index is 0.0423. The monoisotopic (exact) mass is 361 g/mol. The molecule has 20 heavy (non-hydrogen) atoms. The predicted molar refractivity (Wildman–Crippen MR) is 80.5 cm³/mol. The molecule has 0 unspecified atom stereocenters. The van der Waals surface area contributed by atoms with Crippen molar-refractivity contribution in [2.75, 3.05) is 4.72 Å². The van der Waals surface area contributed by atoms with Crippen molar-refractivity contribution in [3.05, 3.63) is 28.2 Å². The number of sulfonamides is 1. The summed E-state index contributed by atoms with van der Waals surface area (Å²) in [5.41, 5.74) is 0.322. The summed E-state index contributed by atoms with van der Waals surface area (Å²) in [6.45, 7) is 0. The number of carboxylic acid groups (broad SMARTS) is 1. The second kappa shape index (κ2) is 6.13. The molecule has 1 fully saturated rings. The smallest absolute Gasteiger partial charge is 0.335 e. The molecule has 1 aromatic rings. The third-order valence-corrected chi connectivity index (χ3v) is 5.72. The molecule has 0 spiro atoms. The lowest BCUT2D eigenvalue weighted by Gasteiger charge is -2.22. The molecule has 1 aliphatic carbocycles. The molecule has 2 rings (SSSR count). The van der Waals surface area contributed by atoms with Gasteiger partial charge in [0.25, 0.3) is 0 Å². The average Bonchev–Trinajstić information content (AvgIpc) is 2.38. The molecule has 7 heteroatoms. The van der Waals surface area contributed by atoms with Crippen molar-refractivity contribution < 1.29 is 18.3 Å². The maximum atomic E-state index is 12.3. The third kappa shape index (κ3) is 3.73. The lowest BCUT2D eigenvalue weighted by molar-refractivity contribution is 0.0697. The number of carbonyl (C=O) groups is 1. The molecule has 2 N–H and O–H groups in total. The molecule has 0 heterocycles. The van der Waals surface area contributed by atoms with Gasteiger partial charge in [-0.1, -0.05) is 35.2 Å². The van der Waals surface area contributed by atoms with Gasteiger partial charge in [0.1, 0.15) is 0 Å². The second-order valence-electron chi connectivity index (χ2n) is 4.94. The Bertz CT molecular complexity index is 609. The van der Waals surface area contributed by atoms with Gasteiger partial charge in [0.15, 0.2) is 0 Å². The maximum absolute atomic E-state index is 12.3. The van der Waals surface area contributed by atoms with Gasteiger partial charge >= 0.3 is 5.97 Å². The molecule has 0 radical (unpaired) electrons. The lowest BCUT2D eigenvalue weighted by Crippen LogP contribution is -2.29. The van der Waals surface area contributed by atoms with Gasteiger partial charge in [-0.15, -0.1) is 0 Å². The number of hydrogen-bond donors (Lipinski definition) is 2. The first-order valence-electron chi connectivity index (χ1n) is 6.44. The van der Waals surface area contributed by atoms with E-state index in [1.807, 2.05) is 0 Å². The number of rotatable bonds is 4. The minimum Gasteiger partial charge on any atom is -0.478 e.